The van der Waals surface area contributed by atoms with Gasteiger partial charge in [-0.15, -0.1) is 0 Å². The molecule has 0 atom stereocenters. The summed E-state index contributed by atoms with van der Waals surface area (Å²) in [5.41, 5.74) is 7.68. The fourth-order valence-electron chi connectivity index (χ4n) is 2.64. The molecule has 26 heavy (non-hydrogen) atoms. The fourth-order valence-corrected chi connectivity index (χ4v) is 2.64. The summed E-state index contributed by atoms with van der Waals surface area (Å²) in [6, 6.07) is 16.3. The van der Waals surface area contributed by atoms with E-state index in [1.807, 2.05) is 36.7 Å². The first-order chi connectivity index (χ1) is 12.5. The molecule has 2 aromatic carbocycles. The minimum atomic E-state index is -0.430. The monoisotopic (exact) mass is 349 g/mol. The molecule has 7 heteroatoms. The number of anilines is 1. The summed E-state index contributed by atoms with van der Waals surface area (Å²) in [6.45, 7) is 4.66. The predicted octanol–water partition coefficient (Wildman–Crippen LogP) is 3.90. The Morgan fingerprint density at radius 3 is 2.50 bits per heavy atom. The van der Waals surface area contributed by atoms with Crippen molar-refractivity contribution in [3.63, 3.8) is 0 Å². The molecule has 1 heterocycles. The second-order valence-corrected chi connectivity index (χ2v) is 5.90. The van der Waals surface area contributed by atoms with E-state index in [1.54, 1.807) is 18.3 Å². The maximum atomic E-state index is 10.7. The lowest BCUT2D eigenvalue weighted by atomic mass is 10.2. The maximum Gasteiger partial charge on any atom is 0.269 e. The van der Waals surface area contributed by atoms with Crippen LogP contribution in [0.1, 0.15) is 22.5 Å². The van der Waals surface area contributed by atoms with Crippen molar-refractivity contribution in [2.24, 2.45) is 5.10 Å². The van der Waals surface area contributed by atoms with Crippen molar-refractivity contribution >= 4 is 17.6 Å². The highest BCUT2D eigenvalue weighted by Crippen LogP contribution is 2.16. The van der Waals surface area contributed by atoms with Gasteiger partial charge in [0.05, 0.1) is 29.1 Å². The summed E-state index contributed by atoms with van der Waals surface area (Å²) < 4.78 is 1.96. The van der Waals surface area contributed by atoms with E-state index in [-0.39, 0.29) is 5.69 Å². The molecule has 0 unspecified atom stereocenters. The first-order valence-electron chi connectivity index (χ1n) is 8.16. The van der Waals surface area contributed by atoms with Gasteiger partial charge >= 0.3 is 0 Å². The number of benzene rings is 2. The van der Waals surface area contributed by atoms with Gasteiger partial charge in [-0.2, -0.15) is 10.2 Å². The van der Waals surface area contributed by atoms with Crippen LogP contribution in [0.3, 0.4) is 0 Å². The van der Waals surface area contributed by atoms with Gasteiger partial charge in [-0.25, -0.2) is 0 Å². The van der Waals surface area contributed by atoms with Crippen LogP contribution in [0.5, 0.6) is 0 Å². The Morgan fingerprint density at radius 2 is 1.85 bits per heavy atom. The Balaban J connectivity index is 1.71. The van der Waals surface area contributed by atoms with Crippen molar-refractivity contribution in [3.8, 4) is 0 Å². The summed E-state index contributed by atoms with van der Waals surface area (Å²) in [5.74, 6) is 0. The van der Waals surface area contributed by atoms with Crippen LogP contribution in [-0.4, -0.2) is 20.9 Å². The molecule has 7 nitrogen and oxygen atoms in total. The van der Waals surface area contributed by atoms with E-state index in [0.29, 0.717) is 12.2 Å². The number of nitrogens with zero attached hydrogens (tertiary/aromatic N) is 4. The molecule has 0 spiro atoms. The third-order valence-corrected chi connectivity index (χ3v) is 4.08. The van der Waals surface area contributed by atoms with Crippen LogP contribution >= 0.6 is 0 Å². The SMILES string of the molecule is Cc1nn(Cc2ccccc2)c(C)c1/C=N/Nc1ccc([N+](=O)[O-])cc1. The lowest BCUT2D eigenvalue weighted by Crippen LogP contribution is -2.04. The van der Waals surface area contributed by atoms with E-state index < -0.39 is 4.92 Å². The Morgan fingerprint density at radius 1 is 1.15 bits per heavy atom. The van der Waals surface area contributed by atoms with Gasteiger partial charge in [-0.3, -0.25) is 20.2 Å². The summed E-state index contributed by atoms with van der Waals surface area (Å²) >= 11 is 0. The molecule has 3 aromatic rings. The maximum absolute atomic E-state index is 10.7. The number of nitro groups is 1. The average molecular weight is 349 g/mol. The van der Waals surface area contributed by atoms with Gasteiger partial charge in [0.15, 0.2) is 0 Å². The van der Waals surface area contributed by atoms with Gasteiger partial charge in [0, 0.05) is 23.4 Å². The molecule has 0 aliphatic heterocycles. The fraction of sp³-hybridized carbons (Fsp3) is 0.158. The quantitative estimate of drug-likeness (QED) is 0.415. The molecule has 0 saturated heterocycles. The van der Waals surface area contributed by atoms with Crippen LogP contribution in [0.25, 0.3) is 0 Å². The number of hydrogen-bond acceptors (Lipinski definition) is 5. The molecule has 0 saturated carbocycles. The number of non-ortho nitro benzene ring substituents is 1. The van der Waals surface area contributed by atoms with Gasteiger partial charge in [-0.1, -0.05) is 30.3 Å². The van der Waals surface area contributed by atoms with Crippen LogP contribution in [0, 0.1) is 24.0 Å². The molecule has 3 rings (SSSR count). The molecule has 1 N–H and O–H groups in total. The summed E-state index contributed by atoms with van der Waals surface area (Å²) in [4.78, 5) is 10.2. The third-order valence-electron chi connectivity index (χ3n) is 4.08. The molecule has 0 bridgehead atoms. The molecule has 0 amide bonds. The van der Waals surface area contributed by atoms with E-state index >= 15 is 0 Å². The van der Waals surface area contributed by atoms with Crippen molar-refractivity contribution in [3.05, 3.63) is 87.2 Å². The number of rotatable bonds is 6. The molecule has 1 aromatic heterocycles. The molecular formula is C19H19N5O2. The van der Waals surface area contributed by atoms with E-state index in [2.05, 4.69) is 27.8 Å². The Hall–Kier alpha value is -3.48. The number of nitro benzene ring substituents is 1. The number of hydrogen-bond donors (Lipinski definition) is 1. The number of aromatic nitrogens is 2. The smallest absolute Gasteiger partial charge is 0.269 e. The summed E-state index contributed by atoms with van der Waals surface area (Å²) in [5, 5.41) is 19.5. The average Bonchev–Trinajstić information content (AvgIpc) is 2.90. The lowest BCUT2D eigenvalue weighted by molar-refractivity contribution is -0.384. The molecule has 0 aliphatic rings. The highest BCUT2D eigenvalue weighted by Gasteiger charge is 2.10. The summed E-state index contributed by atoms with van der Waals surface area (Å²) in [7, 11) is 0. The first-order valence-corrected chi connectivity index (χ1v) is 8.16. The zero-order valence-electron chi connectivity index (χ0n) is 14.6. The van der Waals surface area contributed by atoms with Gasteiger partial charge < -0.3 is 0 Å². The van der Waals surface area contributed by atoms with Crippen molar-refractivity contribution in [2.45, 2.75) is 20.4 Å². The minimum Gasteiger partial charge on any atom is -0.278 e. The van der Waals surface area contributed by atoms with E-state index in [4.69, 9.17) is 0 Å². The second-order valence-electron chi connectivity index (χ2n) is 5.90. The highest BCUT2D eigenvalue weighted by molar-refractivity contribution is 5.83. The van der Waals surface area contributed by atoms with Gasteiger partial charge in [0.25, 0.3) is 5.69 Å². The van der Waals surface area contributed by atoms with Crippen molar-refractivity contribution in [2.75, 3.05) is 5.43 Å². The third kappa shape index (κ3) is 3.94. The normalized spacial score (nSPS) is 11.0. The second kappa shape index (κ2) is 7.60. The van der Waals surface area contributed by atoms with Crippen molar-refractivity contribution in [1.29, 1.82) is 0 Å². The van der Waals surface area contributed by atoms with Crippen LogP contribution < -0.4 is 5.43 Å². The summed E-state index contributed by atoms with van der Waals surface area (Å²) in [6.07, 6.45) is 1.72. The number of nitrogens with one attached hydrogen (secondary N) is 1. The zero-order chi connectivity index (χ0) is 18.5. The van der Waals surface area contributed by atoms with Gasteiger partial charge in [-0.05, 0) is 31.5 Å². The van der Waals surface area contributed by atoms with Crippen LogP contribution in [-0.2, 0) is 6.54 Å². The van der Waals surface area contributed by atoms with Gasteiger partial charge in [0.1, 0.15) is 0 Å². The minimum absolute atomic E-state index is 0.0495. The van der Waals surface area contributed by atoms with Crippen LogP contribution in [0.4, 0.5) is 11.4 Å². The first kappa shape index (κ1) is 17.3. The van der Waals surface area contributed by atoms with Crippen LogP contribution in [0.15, 0.2) is 59.7 Å². The zero-order valence-corrected chi connectivity index (χ0v) is 14.6. The van der Waals surface area contributed by atoms with Crippen molar-refractivity contribution < 1.29 is 4.92 Å². The van der Waals surface area contributed by atoms with E-state index in [1.165, 1.54) is 17.7 Å². The molecule has 0 aliphatic carbocycles. The molecule has 0 fully saturated rings. The largest absolute Gasteiger partial charge is 0.278 e. The Kier molecular flexibility index (Phi) is 5.07. The Bertz CT molecular complexity index is 931. The standard InChI is InChI=1S/C19H19N5O2/c1-14-19(12-20-21-17-8-10-18(11-9-17)24(25)26)15(2)23(22-14)13-16-6-4-3-5-7-16/h3-12,21H,13H2,1-2H3/b20-12+. The number of aryl methyl sites for hydroxylation is 1. The van der Waals surface area contributed by atoms with Crippen LogP contribution in [0.2, 0.25) is 0 Å². The van der Waals surface area contributed by atoms with E-state index in [0.717, 1.165) is 17.0 Å². The number of hydrazone groups is 1. The topological polar surface area (TPSA) is 85.3 Å². The molecule has 0 radical (unpaired) electrons. The molecular weight excluding hydrogens is 330 g/mol. The highest BCUT2D eigenvalue weighted by atomic mass is 16.6. The van der Waals surface area contributed by atoms with Gasteiger partial charge in [0.2, 0.25) is 0 Å². The molecule has 132 valence electrons. The predicted molar refractivity (Wildman–Crippen MR) is 102 cm³/mol. The van der Waals surface area contributed by atoms with Crippen molar-refractivity contribution in [1.82, 2.24) is 9.78 Å². The lowest BCUT2D eigenvalue weighted by Gasteiger charge is -2.04. The Labute approximate surface area is 151 Å². The van der Waals surface area contributed by atoms with E-state index in [9.17, 15) is 10.1 Å².